The number of hydrogen-bond acceptors (Lipinski definition) is 5. The summed E-state index contributed by atoms with van der Waals surface area (Å²) in [4.78, 5) is 18.2. The molecule has 124 valence electrons. The van der Waals surface area contributed by atoms with Gasteiger partial charge in [0.1, 0.15) is 17.4 Å². The van der Waals surface area contributed by atoms with Gasteiger partial charge in [-0.3, -0.25) is 4.79 Å². The van der Waals surface area contributed by atoms with Crippen molar-refractivity contribution in [1.82, 2.24) is 9.97 Å². The summed E-state index contributed by atoms with van der Waals surface area (Å²) in [5.41, 5.74) is 5.78. The van der Waals surface area contributed by atoms with Crippen LogP contribution in [-0.2, 0) is 0 Å². The highest BCUT2D eigenvalue weighted by Crippen LogP contribution is 2.32. The van der Waals surface area contributed by atoms with Crippen molar-refractivity contribution in [3.63, 3.8) is 0 Å². The van der Waals surface area contributed by atoms with E-state index in [1.54, 1.807) is 12.1 Å². The number of nitrogens with zero attached hydrogens (tertiary/aromatic N) is 2. The van der Waals surface area contributed by atoms with Crippen LogP contribution in [0, 0.1) is 17.1 Å². The van der Waals surface area contributed by atoms with E-state index in [0.717, 1.165) is 6.07 Å². The third kappa shape index (κ3) is 3.17. The highest BCUT2D eigenvalue weighted by Gasteiger charge is 2.15. The van der Waals surface area contributed by atoms with Crippen molar-refractivity contribution < 1.29 is 10.6 Å². The van der Waals surface area contributed by atoms with Gasteiger partial charge in [-0.15, -0.1) is 0 Å². The van der Waals surface area contributed by atoms with Crippen molar-refractivity contribution in [2.24, 2.45) is 0 Å². The second-order valence-corrected chi connectivity index (χ2v) is 4.47. The van der Waals surface area contributed by atoms with E-state index in [1.165, 1.54) is 24.5 Å². The molecule has 3 N–H and O–H groups in total. The highest BCUT2D eigenvalue weighted by molar-refractivity contribution is 5.79. The first-order valence-corrected chi connectivity index (χ1v) is 7.23. The van der Waals surface area contributed by atoms with Gasteiger partial charge in [0.05, 0.1) is 22.9 Å². The number of fused-ring (bicyclic) bond motifs is 1. The van der Waals surface area contributed by atoms with Crippen molar-refractivity contribution in [2.45, 2.75) is 13.8 Å². The molecule has 0 radical (unpaired) electrons. The van der Waals surface area contributed by atoms with Gasteiger partial charge < -0.3 is 15.5 Å². The number of ether oxygens (including phenoxy) is 1. The largest absolute Gasteiger partial charge is 0.453 e. The van der Waals surface area contributed by atoms with Gasteiger partial charge in [-0.1, -0.05) is 13.8 Å². The van der Waals surface area contributed by atoms with Crippen molar-refractivity contribution in [1.29, 1.82) is 5.26 Å². The van der Waals surface area contributed by atoms with Gasteiger partial charge in [0.15, 0.2) is 11.6 Å². The number of anilines is 1. The summed E-state index contributed by atoms with van der Waals surface area (Å²) >= 11 is 0. The Morgan fingerprint density at radius 1 is 1.33 bits per heavy atom. The van der Waals surface area contributed by atoms with Gasteiger partial charge in [-0.2, -0.15) is 5.26 Å². The Morgan fingerprint density at radius 3 is 2.79 bits per heavy atom. The fourth-order valence-corrected chi connectivity index (χ4v) is 2.02. The molecule has 0 aliphatic rings. The second kappa shape index (κ2) is 7.24. The van der Waals surface area contributed by atoms with Crippen LogP contribution < -0.4 is 16.0 Å². The minimum Gasteiger partial charge on any atom is -0.453 e. The minimum absolute atomic E-state index is 0. The molecule has 3 rings (SSSR count). The number of aromatic amines is 1. The van der Waals surface area contributed by atoms with Crippen LogP contribution in [0.25, 0.3) is 10.9 Å². The predicted octanol–water partition coefficient (Wildman–Crippen LogP) is 3.58. The first kappa shape index (κ1) is 17.0. The maximum absolute atomic E-state index is 13.9. The Bertz CT molecular complexity index is 983. The number of nitrogens with two attached hydrogens (primary N) is 1. The second-order valence-electron chi connectivity index (χ2n) is 4.47. The van der Waals surface area contributed by atoms with Crippen LogP contribution in [0.15, 0.2) is 41.5 Å². The molecule has 0 bridgehead atoms. The molecule has 0 atom stereocenters. The normalized spacial score (nSPS) is 9.75. The number of rotatable bonds is 2. The lowest BCUT2D eigenvalue weighted by Crippen LogP contribution is -2.06. The van der Waals surface area contributed by atoms with Crippen LogP contribution in [0.4, 0.5) is 10.1 Å². The smallest absolute Gasteiger partial charge is 0.258 e. The van der Waals surface area contributed by atoms with Gasteiger partial charge in [0.2, 0.25) is 0 Å². The molecule has 0 amide bonds. The molecule has 0 aliphatic carbocycles. The topological polar surface area (TPSA) is 105 Å². The first-order valence-electron chi connectivity index (χ1n) is 7.23. The predicted molar refractivity (Wildman–Crippen MR) is 91.4 cm³/mol. The lowest BCUT2D eigenvalue weighted by molar-refractivity contribution is 0.441. The summed E-state index contributed by atoms with van der Waals surface area (Å²) in [7, 11) is 0. The number of benzene rings is 2. The summed E-state index contributed by atoms with van der Waals surface area (Å²) in [5.74, 6) is -0.792. The summed E-state index contributed by atoms with van der Waals surface area (Å²) in [5, 5.41) is 9.37. The average molecular weight is 328 g/mol. The lowest BCUT2D eigenvalue weighted by atomic mass is 10.1. The van der Waals surface area contributed by atoms with Gasteiger partial charge in [-0.05, 0) is 30.3 Å². The number of halogens is 1. The summed E-state index contributed by atoms with van der Waals surface area (Å²) in [6.07, 6.45) is 1.29. The fraction of sp³-hybridized carbons (Fsp3) is 0.118. The van der Waals surface area contributed by atoms with Crippen LogP contribution in [0.5, 0.6) is 11.5 Å². The minimum atomic E-state index is -0.717. The van der Waals surface area contributed by atoms with Gasteiger partial charge in [0, 0.05) is 1.43 Å². The van der Waals surface area contributed by atoms with Crippen molar-refractivity contribution in [3.8, 4) is 17.6 Å². The molecule has 24 heavy (non-hydrogen) atoms. The number of nitrogen functional groups attached to an aromatic ring is 1. The average Bonchev–Trinajstić information content (AvgIpc) is 2.61. The lowest BCUT2D eigenvalue weighted by Gasteiger charge is -2.10. The number of aromatic nitrogens is 2. The van der Waals surface area contributed by atoms with E-state index in [0.29, 0.717) is 10.9 Å². The Hall–Kier alpha value is -3.40. The van der Waals surface area contributed by atoms with Gasteiger partial charge in [0.25, 0.3) is 5.56 Å². The molecule has 0 saturated heterocycles. The standard InChI is InChI=1S/C15H9FN4O2.C2H6.H2/c16-11-2-3-12(18)10(6-17)14(11)22-8-1-4-13-9(5-8)15(21)20-7-19-13;1-2;/h1-5,7H,18H2,(H,19,20,21);1-2H3;1H. The van der Waals surface area contributed by atoms with E-state index < -0.39 is 5.82 Å². The molecule has 1 aromatic heterocycles. The van der Waals surface area contributed by atoms with Gasteiger partial charge >= 0.3 is 0 Å². The molecular weight excluding hydrogens is 311 g/mol. The Morgan fingerprint density at radius 2 is 2.08 bits per heavy atom. The van der Waals surface area contributed by atoms with E-state index >= 15 is 0 Å². The van der Waals surface area contributed by atoms with Crippen LogP contribution in [0.2, 0.25) is 0 Å². The van der Waals surface area contributed by atoms with Crippen LogP contribution in [-0.4, -0.2) is 9.97 Å². The Labute approximate surface area is 138 Å². The summed E-state index contributed by atoms with van der Waals surface area (Å²) < 4.78 is 19.3. The van der Waals surface area contributed by atoms with E-state index in [4.69, 9.17) is 15.7 Å². The quantitative estimate of drug-likeness (QED) is 0.700. The molecule has 0 fully saturated rings. The molecule has 7 heteroatoms. The molecule has 0 unspecified atom stereocenters. The number of hydrogen-bond donors (Lipinski definition) is 2. The molecule has 0 aliphatic heterocycles. The first-order chi connectivity index (χ1) is 11.6. The van der Waals surface area contributed by atoms with E-state index in [2.05, 4.69) is 9.97 Å². The monoisotopic (exact) mass is 328 g/mol. The molecular formula is C17H17FN4O2. The fourth-order valence-electron chi connectivity index (χ4n) is 2.02. The van der Waals surface area contributed by atoms with Crippen LogP contribution >= 0.6 is 0 Å². The summed E-state index contributed by atoms with van der Waals surface area (Å²) in [6.45, 7) is 4.00. The van der Waals surface area contributed by atoms with Gasteiger partial charge in [-0.25, -0.2) is 9.37 Å². The molecule has 1 heterocycles. The third-order valence-corrected chi connectivity index (χ3v) is 3.09. The summed E-state index contributed by atoms with van der Waals surface area (Å²) in [6, 6.07) is 8.72. The van der Waals surface area contributed by atoms with E-state index in [-0.39, 0.29) is 29.7 Å². The number of nitrogens with one attached hydrogen (secondary N) is 1. The molecule has 6 nitrogen and oxygen atoms in total. The van der Waals surface area contributed by atoms with Crippen molar-refractivity contribution >= 4 is 16.6 Å². The highest BCUT2D eigenvalue weighted by atomic mass is 19.1. The van der Waals surface area contributed by atoms with Crippen molar-refractivity contribution in [3.05, 3.63) is 58.4 Å². The van der Waals surface area contributed by atoms with E-state index in [1.807, 2.05) is 13.8 Å². The number of H-pyrrole nitrogens is 1. The maximum Gasteiger partial charge on any atom is 0.258 e. The molecule has 2 aromatic carbocycles. The van der Waals surface area contributed by atoms with Crippen molar-refractivity contribution in [2.75, 3.05) is 5.73 Å². The number of nitriles is 1. The molecule has 0 spiro atoms. The molecule has 0 saturated carbocycles. The Kier molecular flexibility index (Phi) is 5.12. The van der Waals surface area contributed by atoms with E-state index in [9.17, 15) is 9.18 Å². The van der Waals surface area contributed by atoms with Crippen LogP contribution in [0.3, 0.4) is 0 Å². The zero-order valence-corrected chi connectivity index (χ0v) is 13.1. The third-order valence-electron chi connectivity index (χ3n) is 3.09. The SMILES string of the molecule is CC.N#Cc1c(N)ccc(F)c1Oc1ccc2nc[nH]c(=O)c2c1.[HH]. The molecule has 3 aromatic rings. The zero-order chi connectivity index (χ0) is 17.7. The maximum atomic E-state index is 13.9. The zero-order valence-electron chi connectivity index (χ0n) is 13.1. The van der Waals surface area contributed by atoms with Crippen LogP contribution in [0.1, 0.15) is 20.8 Å². The Balaban J connectivity index is 0.00000101.